The van der Waals surface area contributed by atoms with Crippen LogP contribution in [0.1, 0.15) is 31.4 Å². The van der Waals surface area contributed by atoms with E-state index in [4.69, 9.17) is 14.3 Å². The van der Waals surface area contributed by atoms with E-state index < -0.39 is 0 Å². The molecule has 1 aromatic carbocycles. The van der Waals surface area contributed by atoms with Crippen LogP contribution in [-0.2, 0) is 4.84 Å². The van der Waals surface area contributed by atoms with Crippen LogP contribution in [0.4, 0.5) is 0 Å². The maximum Gasteiger partial charge on any atom is 0.125 e. The first kappa shape index (κ1) is 21.0. The van der Waals surface area contributed by atoms with Crippen molar-refractivity contribution in [3.63, 3.8) is 0 Å². The van der Waals surface area contributed by atoms with Gasteiger partial charge in [0, 0.05) is 13.1 Å². The van der Waals surface area contributed by atoms with Crippen molar-refractivity contribution in [3.8, 4) is 11.5 Å². The van der Waals surface area contributed by atoms with Gasteiger partial charge in [0.1, 0.15) is 25.2 Å². The van der Waals surface area contributed by atoms with E-state index in [1.807, 2.05) is 31.2 Å². The Morgan fingerprint density at radius 3 is 2.48 bits per heavy atom. The molecule has 0 bridgehead atoms. The van der Waals surface area contributed by atoms with Crippen LogP contribution in [0.5, 0.6) is 11.5 Å². The van der Waals surface area contributed by atoms with Gasteiger partial charge >= 0.3 is 0 Å². The van der Waals surface area contributed by atoms with Crippen LogP contribution >= 0.6 is 0 Å². The molecule has 0 amide bonds. The lowest BCUT2D eigenvalue weighted by Crippen LogP contribution is -2.27. The number of rotatable bonds is 12. The second-order valence-corrected chi connectivity index (χ2v) is 5.83. The SMILES string of the molecule is C/C=C/COc1cc(C)c(OCCCN(CC)C/C=N/OC)c(C)c1. The van der Waals surface area contributed by atoms with E-state index >= 15 is 0 Å². The maximum absolute atomic E-state index is 6.01. The van der Waals surface area contributed by atoms with Crippen LogP contribution in [0.3, 0.4) is 0 Å². The van der Waals surface area contributed by atoms with Crippen molar-refractivity contribution in [2.24, 2.45) is 5.16 Å². The molecule has 0 unspecified atom stereocenters. The van der Waals surface area contributed by atoms with E-state index in [-0.39, 0.29) is 0 Å². The first-order chi connectivity index (χ1) is 12.1. The smallest absolute Gasteiger partial charge is 0.125 e. The van der Waals surface area contributed by atoms with Crippen molar-refractivity contribution < 1.29 is 14.3 Å². The van der Waals surface area contributed by atoms with Gasteiger partial charge in [-0.15, -0.1) is 0 Å². The summed E-state index contributed by atoms with van der Waals surface area (Å²) in [7, 11) is 1.56. The van der Waals surface area contributed by atoms with Gasteiger partial charge in [-0.05, 0) is 57.0 Å². The number of aryl methyl sites for hydroxylation is 2. The highest BCUT2D eigenvalue weighted by Gasteiger charge is 2.08. The predicted octanol–water partition coefficient (Wildman–Crippen LogP) is 3.98. The number of hydrogen-bond acceptors (Lipinski definition) is 5. The number of ether oxygens (including phenoxy) is 2. The highest BCUT2D eigenvalue weighted by molar-refractivity contribution is 5.58. The van der Waals surface area contributed by atoms with Crippen molar-refractivity contribution in [2.75, 3.05) is 40.0 Å². The summed E-state index contributed by atoms with van der Waals surface area (Å²) >= 11 is 0. The molecule has 25 heavy (non-hydrogen) atoms. The number of allylic oxidation sites excluding steroid dienone is 1. The molecule has 0 saturated heterocycles. The Kier molecular flexibility index (Phi) is 10.4. The van der Waals surface area contributed by atoms with Crippen LogP contribution in [0, 0.1) is 13.8 Å². The minimum absolute atomic E-state index is 0.592. The lowest BCUT2D eigenvalue weighted by atomic mass is 10.1. The summed E-state index contributed by atoms with van der Waals surface area (Å²) in [6.07, 6.45) is 6.72. The number of nitrogens with zero attached hydrogens (tertiary/aromatic N) is 2. The fourth-order valence-corrected chi connectivity index (χ4v) is 2.53. The predicted molar refractivity (Wildman–Crippen MR) is 104 cm³/mol. The lowest BCUT2D eigenvalue weighted by Gasteiger charge is -2.19. The summed E-state index contributed by atoms with van der Waals surface area (Å²) in [5, 5.41) is 3.78. The Morgan fingerprint density at radius 1 is 1.16 bits per heavy atom. The Hall–Kier alpha value is -2.01. The molecule has 0 saturated carbocycles. The fourth-order valence-electron chi connectivity index (χ4n) is 2.53. The van der Waals surface area contributed by atoms with E-state index in [9.17, 15) is 0 Å². The molecule has 5 heteroatoms. The normalized spacial score (nSPS) is 11.6. The molecule has 0 fully saturated rings. The third kappa shape index (κ3) is 8.07. The second kappa shape index (κ2) is 12.4. The molecule has 1 aromatic rings. The Labute approximate surface area is 152 Å². The van der Waals surface area contributed by atoms with E-state index in [1.165, 1.54) is 0 Å². The maximum atomic E-state index is 6.01. The first-order valence-electron chi connectivity index (χ1n) is 8.87. The highest BCUT2D eigenvalue weighted by Crippen LogP contribution is 2.28. The van der Waals surface area contributed by atoms with Gasteiger partial charge in [-0.3, -0.25) is 4.90 Å². The van der Waals surface area contributed by atoms with Gasteiger partial charge in [0.25, 0.3) is 0 Å². The van der Waals surface area contributed by atoms with Gasteiger partial charge in [0.2, 0.25) is 0 Å². The van der Waals surface area contributed by atoms with E-state index in [0.717, 1.165) is 48.7 Å². The molecular weight excluding hydrogens is 316 g/mol. The Balaban J connectivity index is 2.47. The van der Waals surface area contributed by atoms with Gasteiger partial charge in [0.05, 0.1) is 12.8 Å². The van der Waals surface area contributed by atoms with Gasteiger partial charge < -0.3 is 14.3 Å². The van der Waals surface area contributed by atoms with E-state index in [1.54, 1.807) is 13.3 Å². The van der Waals surface area contributed by atoms with Crippen LogP contribution in [0.15, 0.2) is 29.4 Å². The quantitative estimate of drug-likeness (QED) is 0.248. The second-order valence-electron chi connectivity index (χ2n) is 5.83. The van der Waals surface area contributed by atoms with Crippen molar-refractivity contribution in [3.05, 3.63) is 35.4 Å². The van der Waals surface area contributed by atoms with Gasteiger partial charge in [0.15, 0.2) is 0 Å². The highest BCUT2D eigenvalue weighted by atomic mass is 16.6. The van der Waals surface area contributed by atoms with Crippen LogP contribution in [-0.4, -0.2) is 51.1 Å². The van der Waals surface area contributed by atoms with E-state index in [2.05, 4.69) is 30.8 Å². The summed E-state index contributed by atoms with van der Waals surface area (Å²) in [6.45, 7) is 12.3. The third-order valence-electron chi connectivity index (χ3n) is 3.85. The van der Waals surface area contributed by atoms with E-state index in [0.29, 0.717) is 13.2 Å². The molecule has 0 heterocycles. The zero-order valence-corrected chi connectivity index (χ0v) is 16.2. The standard InChI is InChI=1S/C20H32N2O3/c1-6-8-13-24-19-15-17(3)20(18(4)16-19)25-14-9-11-22(7-2)12-10-21-23-5/h6,8,10,15-16H,7,9,11-14H2,1-5H3/b8-6+,21-10+. The van der Waals surface area contributed by atoms with Crippen molar-refractivity contribution in [1.29, 1.82) is 0 Å². The molecular formula is C20H32N2O3. The molecule has 0 aromatic heterocycles. The monoisotopic (exact) mass is 348 g/mol. The summed E-state index contributed by atoms with van der Waals surface area (Å²) < 4.78 is 11.7. The zero-order chi connectivity index (χ0) is 18.5. The number of hydrogen-bond donors (Lipinski definition) is 0. The minimum atomic E-state index is 0.592. The molecule has 0 aliphatic heterocycles. The van der Waals surface area contributed by atoms with Crippen LogP contribution in [0.2, 0.25) is 0 Å². The van der Waals surface area contributed by atoms with Crippen molar-refractivity contribution >= 4 is 6.21 Å². The van der Waals surface area contributed by atoms with Crippen molar-refractivity contribution in [1.82, 2.24) is 4.90 Å². The number of oxime groups is 1. The van der Waals surface area contributed by atoms with Gasteiger partial charge in [-0.2, -0.15) is 0 Å². The van der Waals surface area contributed by atoms with Crippen LogP contribution < -0.4 is 9.47 Å². The molecule has 0 aliphatic carbocycles. The molecule has 0 atom stereocenters. The van der Waals surface area contributed by atoms with Gasteiger partial charge in [-0.1, -0.05) is 24.2 Å². The Morgan fingerprint density at radius 2 is 1.88 bits per heavy atom. The fraction of sp³-hybridized carbons (Fsp3) is 0.550. The van der Waals surface area contributed by atoms with Crippen molar-refractivity contribution in [2.45, 2.75) is 34.1 Å². The third-order valence-corrected chi connectivity index (χ3v) is 3.85. The topological polar surface area (TPSA) is 43.3 Å². The summed E-state index contributed by atoms with van der Waals surface area (Å²) in [6, 6.07) is 4.07. The minimum Gasteiger partial charge on any atom is -0.493 e. The van der Waals surface area contributed by atoms with Gasteiger partial charge in [-0.25, -0.2) is 0 Å². The molecule has 0 aliphatic rings. The lowest BCUT2D eigenvalue weighted by molar-refractivity contribution is 0.211. The molecule has 0 spiro atoms. The first-order valence-corrected chi connectivity index (χ1v) is 8.87. The molecule has 0 N–H and O–H groups in total. The summed E-state index contributed by atoms with van der Waals surface area (Å²) in [4.78, 5) is 6.99. The average Bonchev–Trinajstić information content (AvgIpc) is 2.59. The largest absolute Gasteiger partial charge is 0.493 e. The average molecular weight is 348 g/mol. The van der Waals surface area contributed by atoms with Crippen LogP contribution in [0.25, 0.3) is 0 Å². The molecule has 1 rings (SSSR count). The zero-order valence-electron chi connectivity index (χ0n) is 16.2. The molecule has 5 nitrogen and oxygen atoms in total. The summed E-state index contributed by atoms with van der Waals surface area (Å²) in [5.41, 5.74) is 2.21. The molecule has 0 radical (unpaired) electrons. The number of benzene rings is 1. The summed E-state index contributed by atoms with van der Waals surface area (Å²) in [5.74, 6) is 1.84. The molecule has 140 valence electrons. The Bertz CT molecular complexity index is 533.